The highest BCUT2D eigenvalue weighted by Gasteiger charge is 2.42. The average Bonchev–Trinajstić information content (AvgIpc) is 2.89. The first-order chi connectivity index (χ1) is 17.9. The SMILES string of the molecule is COc1ccc(NC(=O)COc2ccc(C3C4=C(CCCC4=O)N(C)C4=C3C(=O)CCC4)cc2Br)cc1. The summed E-state index contributed by atoms with van der Waals surface area (Å²) in [5, 5.41) is 2.80. The van der Waals surface area contributed by atoms with Crippen LogP contribution in [-0.2, 0) is 14.4 Å². The Balaban J connectivity index is 1.37. The number of carbonyl (C=O) groups is 3. The monoisotopic (exact) mass is 564 g/mol. The van der Waals surface area contributed by atoms with Gasteiger partial charge in [0.1, 0.15) is 11.5 Å². The van der Waals surface area contributed by atoms with Crippen molar-refractivity contribution in [2.24, 2.45) is 0 Å². The van der Waals surface area contributed by atoms with E-state index in [9.17, 15) is 14.4 Å². The molecule has 0 spiro atoms. The van der Waals surface area contributed by atoms with E-state index in [1.54, 1.807) is 37.4 Å². The molecule has 0 bridgehead atoms. The minimum Gasteiger partial charge on any atom is -0.497 e. The molecule has 7 nitrogen and oxygen atoms in total. The summed E-state index contributed by atoms with van der Waals surface area (Å²) in [6.07, 6.45) is 4.35. The van der Waals surface area contributed by atoms with Crippen LogP contribution in [0.4, 0.5) is 5.69 Å². The molecule has 1 N–H and O–H groups in total. The highest BCUT2D eigenvalue weighted by molar-refractivity contribution is 9.10. The number of halogens is 1. The van der Waals surface area contributed by atoms with Gasteiger partial charge in [0, 0.05) is 54.0 Å². The van der Waals surface area contributed by atoms with Gasteiger partial charge in [0.25, 0.3) is 5.91 Å². The van der Waals surface area contributed by atoms with Gasteiger partial charge in [-0.15, -0.1) is 0 Å². The van der Waals surface area contributed by atoms with E-state index in [1.807, 2.05) is 19.2 Å². The fourth-order valence-electron chi connectivity index (χ4n) is 5.51. The molecule has 0 radical (unpaired) electrons. The smallest absolute Gasteiger partial charge is 0.262 e. The van der Waals surface area contributed by atoms with E-state index in [4.69, 9.17) is 9.47 Å². The highest BCUT2D eigenvalue weighted by Crippen LogP contribution is 2.49. The van der Waals surface area contributed by atoms with Crippen molar-refractivity contribution in [1.82, 2.24) is 4.90 Å². The zero-order valence-electron chi connectivity index (χ0n) is 20.9. The van der Waals surface area contributed by atoms with E-state index < -0.39 is 0 Å². The molecule has 5 rings (SSSR count). The van der Waals surface area contributed by atoms with Gasteiger partial charge in [-0.25, -0.2) is 0 Å². The Morgan fingerprint density at radius 3 is 2.16 bits per heavy atom. The summed E-state index contributed by atoms with van der Waals surface area (Å²) in [6.45, 7) is -0.167. The normalized spacial score (nSPS) is 18.0. The number of hydrogen-bond acceptors (Lipinski definition) is 6. The molecule has 0 saturated heterocycles. The Labute approximate surface area is 224 Å². The van der Waals surface area contributed by atoms with Crippen LogP contribution < -0.4 is 14.8 Å². The molecule has 2 aromatic carbocycles. The van der Waals surface area contributed by atoms with Crippen LogP contribution in [0.1, 0.15) is 50.0 Å². The average molecular weight is 565 g/mol. The van der Waals surface area contributed by atoms with Crippen molar-refractivity contribution in [2.45, 2.75) is 44.4 Å². The van der Waals surface area contributed by atoms with Gasteiger partial charge >= 0.3 is 0 Å². The third-order valence-corrected chi connectivity index (χ3v) is 7.89. The van der Waals surface area contributed by atoms with Crippen LogP contribution in [0.3, 0.4) is 0 Å². The summed E-state index contributed by atoms with van der Waals surface area (Å²) < 4.78 is 11.6. The van der Waals surface area contributed by atoms with E-state index in [0.29, 0.717) is 34.5 Å². The van der Waals surface area contributed by atoms with Crippen LogP contribution >= 0.6 is 15.9 Å². The summed E-state index contributed by atoms with van der Waals surface area (Å²) in [5.41, 5.74) is 5.11. The van der Waals surface area contributed by atoms with Gasteiger partial charge in [0.2, 0.25) is 0 Å². The lowest BCUT2D eigenvalue weighted by Crippen LogP contribution is -2.37. The lowest BCUT2D eigenvalue weighted by molar-refractivity contribution is -0.118. The van der Waals surface area contributed by atoms with Gasteiger partial charge in [0.15, 0.2) is 18.2 Å². The molecule has 192 valence electrons. The molecule has 0 aromatic heterocycles. The maximum Gasteiger partial charge on any atom is 0.262 e. The van der Waals surface area contributed by atoms with Crippen LogP contribution in [-0.4, -0.2) is 43.1 Å². The number of ether oxygens (including phenoxy) is 2. The van der Waals surface area contributed by atoms with Crippen LogP contribution in [0.2, 0.25) is 0 Å². The Kier molecular flexibility index (Phi) is 7.20. The molecule has 1 aliphatic heterocycles. The Hall–Kier alpha value is -3.39. The number of nitrogens with zero attached hydrogens (tertiary/aromatic N) is 1. The molecule has 1 heterocycles. The quantitative estimate of drug-likeness (QED) is 0.497. The standard InChI is InChI=1S/C29H29BrN2O5/c1-32-21-5-3-7-23(33)28(21)27(29-22(32)6-4-8-24(29)34)17-9-14-25(20(30)15-17)37-16-26(35)31-18-10-12-19(36-2)13-11-18/h9-15,27H,3-8,16H2,1-2H3,(H,31,35). The van der Waals surface area contributed by atoms with Crippen molar-refractivity contribution >= 4 is 39.1 Å². The molecule has 0 fully saturated rings. The third-order valence-electron chi connectivity index (χ3n) is 7.27. The lowest BCUT2D eigenvalue weighted by Gasteiger charge is -2.42. The van der Waals surface area contributed by atoms with Crippen molar-refractivity contribution < 1.29 is 23.9 Å². The lowest BCUT2D eigenvalue weighted by atomic mass is 9.71. The number of nitrogens with one attached hydrogen (secondary N) is 1. The van der Waals surface area contributed by atoms with E-state index >= 15 is 0 Å². The minimum atomic E-state index is -0.370. The maximum absolute atomic E-state index is 13.1. The Morgan fingerprint density at radius 2 is 1.59 bits per heavy atom. The van der Waals surface area contributed by atoms with Crippen molar-refractivity contribution in [3.8, 4) is 11.5 Å². The molecule has 3 aliphatic rings. The number of carbonyl (C=O) groups excluding carboxylic acids is 3. The largest absolute Gasteiger partial charge is 0.497 e. The van der Waals surface area contributed by atoms with E-state index in [0.717, 1.165) is 53.8 Å². The van der Waals surface area contributed by atoms with Gasteiger partial charge in [-0.3, -0.25) is 14.4 Å². The molecule has 1 amide bonds. The molecule has 2 aliphatic carbocycles. The topological polar surface area (TPSA) is 84.9 Å². The predicted octanol–water partition coefficient (Wildman–Crippen LogP) is 5.52. The number of benzene rings is 2. The first-order valence-corrected chi connectivity index (χ1v) is 13.3. The first kappa shape index (κ1) is 25.3. The van der Waals surface area contributed by atoms with Crippen molar-refractivity contribution in [3.05, 3.63) is 75.0 Å². The summed E-state index contributed by atoms with van der Waals surface area (Å²) in [6, 6.07) is 12.7. The number of allylic oxidation sites excluding steroid dienone is 4. The number of Topliss-reactive ketones (excluding diaryl/α,β-unsaturated/α-hetero) is 2. The third kappa shape index (κ3) is 4.94. The van der Waals surface area contributed by atoms with Gasteiger partial charge < -0.3 is 19.7 Å². The fourth-order valence-corrected chi connectivity index (χ4v) is 6.03. The number of methoxy groups -OCH3 is 1. The molecule has 2 aromatic rings. The number of amides is 1. The molecular formula is C29H29BrN2O5. The second-order valence-electron chi connectivity index (χ2n) is 9.52. The second-order valence-corrected chi connectivity index (χ2v) is 10.4. The zero-order valence-corrected chi connectivity index (χ0v) is 22.5. The molecule has 0 saturated carbocycles. The van der Waals surface area contributed by atoms with E-state index in [-0.39, 0.29) is 30.0 Å². The van der Waals surface area contributed by atoms with Crippen molar-refractivity contribution in [3.63, 3.8) is 0 Å². The van der Waals surface area contributed by atoms with Crippen LogP contribution in [0.25, 0.3) is 0 Å². The number of hydrogen-bond donors (Lipinski definition) is 1. The molecular weight excluding hydrogens is 536 g/mol. The summed E-state index contributed by atoms with van der Waals surface area (Å²) in [7, 11) is 3.57. The maximum atomic E-state index is 13.1. The van der Waals surface area contributed by atoms with Crippen LogP contribution in [0.15, 0.2) is 69.5 Å². The van der Waals surface area contributed by atoms with Gasteiger partial charge in [-0.1, -0.05) is 6.07 Å². The van der Waals surface area contributed by atoms with E-state index in [1.165, 1.54) is 0 Å². The summed E-state index contributed by atoms with van der Waals surface area (Å²) in [5.74, 6) is 0.796. The minimum absolute atomic E-state index is 0.120. The molecule has 0 atom stereocenters. The van der Waals surface area contributed by atoms with Gasteiger partial charge in [-0.05, 0) is 83.6 Å². The summed E-state index contributed by atoms with van der Waals surface area (Å²) >= 11 is 3.58. The second kappa shape index (κ2) is 10.5. The number of anilines is 1. The van der Waals surface area contributed by atoms with Crippen LogP contribution in [0, 0.1) is 0 Å². The molecule has 0 unspecified atom stereocenters. The zero-order chi connectivity index (χ0) is 26.1. The molecule has 8 heteroatoms. The van der Waals surface area contributed by atoms with Gasteiger partial charge in [0.05, 0.1) is 11.6 Å². The molecule has 37 heavy (non-hydrogen) atoms. The fraction of sp³-hybridized carbons (Fsp3) is 0.345. The van der Waals surface area contributed by atoms with Crippen LogP contribution in [0.5, 0.6) is 11.5 Å². The predicted molar refractivity (Wildman–Crippen MR) is 144 cm³/mol. The number of ketones is 2. The first-order valence-electron chi connectivity index (χ1n) is 12.5. The van der Waals surface area contributed by atoms with Crippen molar-refractivity contribution in [2.75, 3.05) is 26.1 Å². The van der Waals surface area contributed by atoms with E-state index in [2.05, 4.69) is 26.1 Å². The number of rotatable bonds is 6. The Bertz CT molecular complexity index is 1280. The van der Waals surface area contributed by atoms with Gasteiger partial charge in [-0.2, -0.15) is 0 Å². The highest BCUT2D eigenvalue weighted by atomic mass is 79.9. The van der Waals surface area contributed by atoms with Crippen molar-refractivity contribution in [1.29, 1.82) is 0 Å². The summed E-state index contributed by atoms with van der Waals surface area (Å²) in [4.78, 5) is 40.8. The Morgan fingerprint density at radius 1 is 0.973 bits per heavy atom.